The molecule has 2 aromatic carbocycles. The number of benzene rings is 2. The number of likely N-dealkylation sites (tertiary alicyclic amines) is 1. The quantitative estimate of drug-likeness (QED) is 0.369. The number of hydrogen-bond acceptors (Lipinski definition) is 6. The number of nitrogens with zero attached hydrogens (tertiary/aromatic N) is 1. The maximum absolute atomic E-state index is 13.2. The molecule has 0 aliphatic carbocycles. The second-order valence-corrected chi connectivity index (χ2v) is 9.27. The van der Waals surface area contributed by atoms with E-state index < -0.39 is 29.6 Å². The molecule has 2 N–H and O–H groups in total. The summed E-state index contributed by atoms with van der Waals surface area (Å²) < 4.78 is 5.78. The highest BCUT2D eigenvalue weighted by Crippen LogP contribution is 2.30. The molecular formula is C24H25N3O5S. The summed E-state index contributed by atoms with van der Waals surface area (Å²) in [7, 11) is 0. The molecule has 0 unspecified atom stereocenters. The first-order chi connectivity index (χ1) is 15.9. The topological polar surface area (TPSA) is 105 Å². The lowest BCUT2D eigenvalue weighted by Crippen LogP contribution is -2.46. The third-order valence-corrected chi connectivity index (χ3v) is 7.10. The number of carbonyl (C=O) groups is 4. The van der Waals surface area contributed by atoms with Crippen LogP contribution in [0.15, 0.2) is 59.5 Å². The number of hydrogen-bond donors (Lipinski definition) is 2. The highest BCUT2D eigenvalue weighted by molar-refractivity contribution is 7.99. The Hall–Kier alpha value is -3.33. The van der Waals surface area contributed by atoms with Crippen LogP contribution in [0, 0.1) is 0 Å². The standard InChI is InChI=1S/C24H25N3O5S/c1-24(22(30)25-23(31)26-24)15-33-18-12-6-5-11-17(18)21(29)32-19(16-9-3-2-4-10-16)20(28)27-13-7-8-14-27/h2-6,9-12,19H,7-8,13-15H2,1H3,(H2,25,26,30,31)/t19-,24+/m0/s1. The lowest BCUT2D eigenvalue weighted by Gasteiger charge is -2.24. The molecule has 8 nitrogen and oxygen atoms in total. The van der Waals surface area contributed by atoms with Crippen LogP contribution in [0.5, 0.6) is 0 Å². The van der Waals surface area contributed by atoms with Gasteiger partial charge in [-0.15, -0.1) is 11.8 Å². The van der Waals surface area contributed by atoms with Crippen molar-refractivity contribution >= 4 is 35.6 Å². The number of rotatable bonds is 7. The van der Waals surface area contributed by atoms with Gasteiger partial charge in [0.2, 0.25) is 6.10 Å². The zero-order valence-corrected chi connectivity index (χ0v) is 19.0. The van der Waals surface area contributed by atoms with Gasteiger partial charge in [-0.3, -0.25) is 14.9 Å². The first kappa shape index (κ1) is 22.8. The number of urea groups is 1. The van der Waals surface area contributed by atoms with Gasteiger partial charge in [-0.05, 0) is 31.9 Å². The van der Waals surface area contributed by atoms with Crippen LogP contribution in [0.3, 0.4) is 0 Å². The van der Waals surface area contributed by atoms with E-state index in [0.29, 0.717) is 29.1 Å². The Labute approximate surface area is 196 Å². The molecule has 33 heavy (non-hydrogen) atoms. The Balaban J connectivity index is 1.53. The normalized spacial score (nSPS) is 20.8. The lowest BCUT2D eigenvalue weighted by molar-refractivity contribution is -0.140. The first-order valence-electron chi connectivity index (χ1n) is 10.8. The average molecular weight is 468 g/mol. The van der Waals surface area contributed by atoms with Crippen molar-refractivity contribution in [3.8, 4) is 0 Å². The smallest absolute Gasteiger partial charge is 0.340 e. The summed E-state index contributed by atoms with van der Waals surface area (Å²) in [5.41, 5.74) is -0.173. The summed E-state index contributed by atoms with van der Waals surface area (Å²) in [6, 6.07) is 15.3. The monoisotopic (exact) mass is 467 g/mol. The van der Waals surface area contributed by atoms with Crippen molar-refractivity contribution in [2.75, 3.05) is 18.8 Å². The Bertz CT molecular complexity index is 1070. The molecule has 0 aromatic heterocycles. The van der Waals surface area contributed by atoms with Crippen molar-refractivity contribution in [3.63, 3.8) is 0 Å². The number of ether oxygens (including phenoxy) is 1. The second-order valence-electron chi connectivity index (χ2n) is 8.25. The number of esters is 1. The van der Waals surface area contributed by atoms with Gasteiger partial charge in [-0.25, -0.2) is 9.59 Å². The van der Waals surface area contributed by atoms with E-state index in [2.05, 4.69) is 10.6 Å². The fourth-order valence-electron chi connectivity index (χ4n) is 3.83. The summed E-state index contributed by atoms with van der Waals surface area (Å²) in [4.78, 5) is 52.3. The zero-order chi connectivity index (χ0) is 23.4. The van der Waals surface area contributed by atoms with Crippen LogP contribution in [0.2, 0.25) is 0 Å². The van der Waals surface area contributed by atoms with Crippen molar-refractivity contribution in [1.82, 2.24) is 15.5 Å². The van der Waals surface area contributed by atoms with Crippen LogP contribution >= 0.6 is 11.8 Å². The van der Waals surface area contributed by atoms with Crippen LogP contribution in [-0.2, 0) is 14.3 Å². The lowest BCUT2D eigenvalue weighted by atomic mass is 10.1. The maximum Gasteiger partial charge on any atom is 0.340 e. The average Bonchev–Trinajstić information content (AvgIpc) is 3.44. The summed E-state index contributed by atoms with van der Waals surface area (Å²) in [5.74, 6) is -1.04. The van der Waals surface area contributed by atoms with Crippen molar-refractivity contribution in [1.29, 1.82) is 0 Å². The van der Waals surface area contributed by atoms with E-state index in [0.717, 1.165) is 12.8 Å². The maximum atomic E-state index is 13.2. The molecule has 172 valence electrons. The molecule has 0 bridgehead atoms. The van der Waals surface area contributed by atoms with Crippen LogP contribution in [0.25, 0.3) is 0 Å². The number of imide groups is 1. The highest BCUT2D eigenvalue weighted by Gasteiger charge is 2.42. The van der Waals surface area contributed by atoms with Gasteiger partial charge in [0.05, 0.1) is 5.56 Å². The number of carbonyl (C=O) groups excluding carboxylic acids is 4. The van der Waals surface area contributed by atoms with Crippen LogP contribution in [-0.4, -0.2) is 53.1 Å². The molecule has 2 heterocycles. The molecule has 2 aliphatic rings. The van der Waals surface area contributed by atoms with Crippen molar-refractivity contribution in [2.45, 2.75) is 36.3 Å². The molecule has 2 aromatic rings. The van der Waals surface area contributed by atoms with E-state index in [4.69, 9.17) is 4.74 Å². The minimum Gasteiger partial charge on any atom is -0.444 e. The summed E-state index contributed by atoms with van der Waals surface area (Å²) in [5, 5.41) is 4.84. The first-order valence-corrected chi connectivity index (χ1v) is 11.8. The van der Waals surface area contributed by atoms with Crippen molar-refractivity contribution < 1.29 is 23.9 Å². The van der Waals surface area contributed by atoms with Gasteiger partial charge in [0.15, 0.2) is 0 Å². The third-order valence-electron chi connectivity index (χ3n) is 5.71. The van der Waals surface area contributed by atoms with E-state index in [1.165, 1.54) is 11.8 Å². The van der Waals surface area contributed by atoms with Gasteiger partial charge in [0, 0.05) is 29.3 Å². The molecule has 0 spiro atoms. The van der Waals surface area contributed by atoms with E-state index >= 15 is 0 Å². The van der Waals surface area contributed by atoms with Crippen molar-refractivity contribution in [2.24, 2.45) is 0 Å². The Kier molecular flexibility index (Phi) is 6.69. The highest BCUT2D eigenvalue weighted by atomic mass is 32.2. The van der Waals surface area contributed by atoms with Gasteiger partial charge < -0.3 is 15.0 Å². The largest absolute Gasteiger partial charge is 0.444 e. The van der Waals surface area contributed by atoms with Gasteiger partial charge >= 0.3 is 12.0 Å². The fourth-order valence-corrected chi connectivity index (χ4v) is 4.96. The Morgan fingerprint density at radius 1 is 1.06 bits per heavy atom. The predicted octanol–water partition coefficient (Wildman–Crippen LogP) is 2.90. The minimum absolute atomic E-state index is 0.226. The van der Waals surface area contributed by atoms with E-state index in [1.807, 2.05) is 6.07 Å². The molecule has 2 saturated heterocycles. The molecule has 0 saturated carbocycles. The molecule has 4 amide bonds. The second kappa shape index (κ2) is 9.66. The molecule has 2 aliphatic heterocycles. The van der Waals surface area contributed by atoms with E-state index in [9.17, 15) is 19.2 Å². The van der Waals surface area contributed by atoms with E-state index in [-0.39, 0.29) is 11.7 Å². The summed E-state index contributed by atoms with van der Waals surface area (Å²) in [6.07, 6.45) is 0.833. The fraction of sp³-hybridized carbons (Fsp3) is 0.333. The van der Waals surface area contributed by atoms with Crippen LogP contribution < -0.4 is 10.6 Å². The van der Waals surface area contributed by atoms with Gasteiger partial charge in [-0.2, -0.15) is 0 Å². The SMILES string of the molecule is C[C@]1(CSc2ccccc2C(=O)O[C@H](C(=O)N2CCCC2)c2ccccc2)NC(=O)NC1=O. The third kappa shape index (κ3) is 5.03. The minimum atomic E-state index is -1.09. The number of amides is 4. The van der Waals surface area contributed by atoms with Gasteiger partial charge in [0.1, 0.15) is 5.54 Å². The predicted molar refractivity (Wildman–Crippen MR) is 123 cm³/mol. The Morgan fingerprint density at radius 3 is 2.39 bits per heavy atom. The van der Waals surface area contributed by atoms with Gasteiger partial charge in [-0.1, -0.05) is 42.5 Å². The van der Waals surface area contributed by atoms with Crippen LogP contribution in [0.4, 0.5) is 4.79 Å². The summed E-state index contributed by atoms with van der Waals surface area (Å²) in [6.45, 7) is 2.93. The number of thioether (sulfide) groups is 1. The van der Waals surface area contributed by atoms with Crippen molar-refractivity contribution in [3.05, 3.63) is 65.7 Å². The molecule has 9 heteroatoms. The summed E-state index contributed by atoms with van der Waals surface area (Å²) >= 11 is 1.26. The van der Waals surface area contributed by atoms with Gasteiger partial charge in [0.25, 0.3) is 11.8 Å². The molecule has 2 fully saturated rings. The molecular weight excluding hydrogens is 442 g/mol. The van der Waals surface area contributed by atoms with E-state index in [1.54, 1.807) is 60.4 Å². The molecule has 4 rings (SSSR count). The molecule has 2 atom stereocenters. The number of nitrogens with one attached hydrogen (secondary N) is 2. The van der Waals surface area contributed by atoms with Crippen LogP contribution in [0.1, 0.15) is 41.8 Å². The Morgan fingerprint density at radius 2 is 1.73 bits per heavy atom. The zero-order valence-electron chi connectivity index (χ0n) is 18.2. The molecule has 0 radical (unpaired) electrons.